The molecule has 1 atom stereocenters. The van der Waals surface area contributed by atoms with E-state index in [1.807, 2.05) is 6.07 Å². The molecule has 0 aromatic heterocycles. The van der Waals surface area contributed by atoms with Crippen molar-refractivity contribution in [3.8, 4) is 24.2 Å². The highest BCUT2D eigenvalue weighted by Crippen LogP contribution is 2.11. The Bertz CT molecular complexity index is 415. The summed E-state index contributed by atoms with van der Waals surface area (Å²) in [7, 11) is 0. The van der Waals surface area contributed by atoms with Crippen LogP contribution in [0.4, 0.5) is 0 Å². The van der Waals surface area contributed by atoms with Crippen LogP contribution in [0.25, 0.3) is 0 Å². The second-order valence-electron chi connectivity index (χ2n) is 3.44. The maximum atomic E-state index is 9.53. The monoisotopic (exact) mass is 230 g/mol. The van der Waals surface area contributed by atoms with Crippen LogP contribution in [0.1, 0.15) is 5.56 Å². The van der Waals surface area contributed by atoms with E-state index in [4.69, 9.17) is 16.4 Å². The van der Waals surface area contributed by atoms with E-state index in [1.54, 1.807) is 24.3 Å². The molecule has 1 aromatic rings. The zero-order chi connectivity index (χ0) is 12.5. The number of aliphatic hydroxyl groups excluding tert-OH is 1. The topological polar surface area (TPSA) is 65.3 Å². The number of terminal acetylenes is 1. The number of hydrogen-bond donors (Lipinski definition) is 2. The summed E-state index contributed by atoms with van der Waals surface area (Å²) in [6.45, 7) is 0.998. The van der Waals surface area contributed by atoms with Gasteiger partial charge in [-0.15, -0.1) is 6.42 Å². The first-order chi connectivity index (χ1) is 8.26. The molecule has 88 valence electrons. The lowest BCUT2D eigenvalue weighted by Crippen LogP contribution is -2.31. The number of aliphatic hydroxyl groups is 1. The van der Waals surface area contributed by atoms with Crippen molar-refractivity contribution in [1.29, 1.82) is 5.26 Å². The molecule has 1 aromatic carbocycles. The van der Waals surface area contributed by atoms with Crippen LogP contribution in [0, 0.1) is 23.7 Å². The fourth-order valence-electron chi connectivity index (χ4n) is 1.19. The maximum Gasteiger partial charge on any atom is 0.119 e. The van der Waals surface area contributed by atoms with E-state index in [2.05, 4.69) is 11.2 Å². The summed E-state index contributed by atoms with van der Waals surface area (Å²) < 4.78 is 5.35. The van der Waals surface area contributed by atoms with Crippen LogP contribution in [0.5, 0.6) is 5.75 Å². The summed E-state index contributed by atoms with van der Waals surface area (Å²) in [5.74, 6) is 3.04. The predicted octanol–water partition coefficient (Wildman–Crippen LogP) is 0.521. The van der Waals surface area contributed by atoms with Gasteiger partial charge in [-0.05, 0) is 24.3 Å². The third-order valence-electron chi connectivity index (χ3n) is 2.03. The van der Waals surface area contributed by atoms with Crippen LogP contribution in [-0.4, -0.2) is 30.9 Å². The Morgan fingerprint density at radius 1 is 1.41 bits per heavy atom. The molecule has 0 fully saturated rings. The molecule has 1 unspecified atom stereocenters. The lowest BCUT2D eigenvalue weighted by molar-refractivity contribution is 0.107. The molecule has 0 saturated heterocycles. The average molecular weight is 230 g/mol. The van der Waals surface area contributed by atoms with E-state index in [-0.39, 0.29) is 6.61 Å². The maximum absolute atomic E-state index is 9.53. The van der Waals surface area contributed by atoms with Crippen molar-refractivity contribution in [3.63, 3.8) is 0 Å². The molecule has 0 spiro atoms. The van der Waals surface area contributed by atoms with E-state index >= 15 is 0 Å². The molecule has 17 heavy (non-hydrogen) atoms. The minimum Gasteiger partial charge on any atom is -0.491 e. The first-order valence-corrected chi connectivity index (χ1v) is 5.21. The van der Waals surface area contributed by atoms with E-state index in [1.165, 1.54) is 0 Å². The van der Waals surface area contributed by atoms with Gasteiger partial charge in [0.2, 0.25) is 0 Å². The van der Waals surface area contributed by atoms with Crippen molar-refractivity contribution in [3.05, 3.63) is 29.8 Å². The Labute approximate surface area is 101 Å². The smallest absolute Gasteiger partial charge is 0.119 e. The van der Waals surface area contributed by atoms with E-state index in [0.29, 0.717) is 24.4 Å². The lowest BCUT2D eigenvalue weighted by atomic mass is 10.2. The standard InChI is InChI=1S/C13H14N2O2/c1-2-7-15-9-12(16)10-17-13-5-3-11(8-14)4-6-13/h1,3-6,12,15-16H,7,9-10H2. The van der Waals surface area contributed by atoms with Crippen molar-refractivity contribution in [2.75, 3.05) is 19.7 Å². The van der Waals surface area contributed by atoms with Crippen LogP contribution < -0.4 is 10.1 Å². The zero-order valence-corrected chi connectivity index (χ0v) is 9.39. The third-order valence-corrected chi connectivity index (χ3v) is 2.03. The molecule has 1 rings (SSSR count). The molecule has 0 amide bonds. The summed E-state index contributed by atoms with van der Waals surface area (Å²) in [6, 6.07) is 8.74. The lowest BCUT2D eigenvalue weighted by Gasteiger charge is -2.12. The molecule has 0 aliphatic rings. The number of nitriles is 1. The fourth-order valence-corrected chi connectivity index (χ4v) is 1.19. The normalized spacial score (nSPS) is 11.2. The van der Waals surface area contributed by atoms with Crippen molar-refractivity contribution in [1.82, 2.24) is 5.32 Å². The number of nitrogens with zero attached hydrogens (tertiary/aromatic N) is 1. The zero-order valence-electron chi connectivity index (χ0n) is 9.39. The number of benzene rings is 1. The molecule has 0 aliphatic carbocycles. The van der Waals surface area contributed by atoms with Crippen LogP contribution in [-0.2, 0) is 0 Å². The Morgan fingerprint density at radius 2 is 2.12 bits per heavy atom. The largest absolute Gasteiger partial charge is 0.491 e. The molecule has 0 radical (unpaired) electrons. The van der Waals surface area contributed by atoms with Gasteiger partial charge in [0.15, 0.2) is 0 Å². The fraction of sp³-hybridized carbons (Fsp3) is 0.308. The minimum atomic E-state index is -0.612. The molecule has 0 saturated carbocycles. The molecule has 4 heteroatoms. The molecule has 4 nitrogen and oxygen atoms in total. The quantitative estimate of drug-likeness (QED) is 0.552. The highest BCUT2D eigenvalue weighted by Gasteiger charge is 2.04. The first-order valence-electron chi connectivity index (χ1n) is 5.21. The molecular weight excluding hydrogens is 216 g/mol. The van der Waals surface area contributed by atoms with E-state index in [9.17, 15) is 5.11 Å². The van der Waals surface area contributed by atoms with Crippen LogP contribution in [0.2, 0.25) is 0 Å². The van der Waals surface area contributed by atoms with Gasteiger partial charge in [0.05, 0.1) is 18.2 Å². The first kappa shape index (κ1) is 13.1. The molecule has 0 bridgehead atoms. The van der Waals surface area contributed by atoms with Gasteiger partial charge in [-0.25, -0.2) is 0 Å². The Kier molecular flexibility index (Phi) is 5.60. The summed E-state index contributed by atoms with van der Waals surface area (Å²) >= 11 is 0. The number of nitrogens with one attached hydrogen (secondary N) is 1. The van der Waals surface area contributed by atoms with Gasteiger partial charge in [0, 0.05) is 6.54 Å². The van der Waals surface area contributed by atoms with Gasteiger partial charge in [0.1, 0.15) is 18.5 Å². The summed E-state index contributed by atoms with van der Waals surface area (Å²) in [5.41, 5.74) is 0.577. The average Bonchev–Trinajstić information content (AvgIpc) is 2.37. The highest BCUT2D eigenvalue weighted by molar-refractivity contribution is 5.34. The predicted molar refractivity (Wildman–Crippen MR) is 64.4 cm³/mol. The van der Waals surface area contributed by atoms with E-state index in [0.717, 1.165) is 0 Å². The minimum absolute atomic E-state index is 0.184. The molecule has 2 N–H and O–H groups in total. The number of rotatable bonds is 6. The molecule has 0 heterocycles. The van der Waals surface area contributed by atoms with Crippen LogP contribution in [0.3, 0.4) is 0 Å². The summed E-state index contributed by atoms with van der Waals surface area (Å²) in [5, 5.41) is 21.0. The van der Waals surface area contributed by atoms with Crippen LogP contribution in [0.15, 0.2) is 24.3 Å². The van der Waals surface area contributed by atoms with Crippen molar-refractivity contribution in [2.45, 2.75) is 6.10 Å². The molecule has 0 aliphatic heterocycles. The SMILES string of the molecule is C#CCNCC(O)COc1ccc(C#N)cc1. The molecular formula is C13H14N2O2. The Balaban J connectivity index is 2.30. The van der Waals surface area contributed by atoms with E-state index < -0.39 is 6.10 Å². The second kappa shape index (κ2) is 7.29. The Morgan fingerprint density at radius 3 is 2.71 bits per heavy atom. The van der Waals surface area contributed by atoms with Crippen molar-refractivity contribution >= 4 is 0 Å². The van der Waals surface area contributed by atoms with Crippen molar-refractivity contribution in [2.24, 2.45) is 0 Å². The van der Waals surface area contributed by atoms with Gasteiger partial charge < -0.3 is 15.2 Å². The second-order valence-corrected chi connectivity index (χ2v) is 3.44. The Hall–Kier alpha value is -2.01. The van der Waals surface area contributed by atoms with Crippen LogP contribution >= 0.6 is 0 Å². The number of hydrogen-bond acceptors (Lipinski definition) is 4. The summed E-state index contributed by atoms with van der Waals surface area (Å²) in [4.78, 5) is 0. The van der Waals surface area contributed by atoms with Gasteiger partial charge >= 0.3 is 0 Å². The summed E-state index contributed by atoms with van der Waals surface area (Å²) in [6.07, 6.45) is 4.44. The van der Waals surface area contributed by atoms with Crippen molar-refractivity contribution < 1.29 is 9.84 Å². The van der Waals surface area contributed by atoms with Gasteiger partial charge in [-0.2, -0.15) is 5.26 Å². The third kappa shape index (κ3) is 5.03. The van der Waals surface area contributed by atoms with Gasteiger partial charge in [0.25, 0.3) is 0 Å². The van der Waals surface area contributed by atoms with Gasteiger partial charge in [-0.3, -0.25) is 0 Å². The number of ether oxygens (including phenoxy) is 1. The van der Waals surface area contributed by atoms with Gasteiger partial charge in [-0.1, -0.05) is 5.92 Å². The highest BCUT2D eigenvalue weighted by atomic mass is 16.5.